The Morgan fingerprint density at radius 1 is 1.44 bits per heavy atom. The van der Waals surface area contributed by atoms with Crippen LogP contribution in [0.25, 0.3) is 0 Å². The minimum Gasteiger partial charge on any atom is -0.308 e. The van der Waals surface area contributed by atoms with E-state index in [4.69, 9.17) is 0 Å². The highest BCUT2D eigenvalue weighted by atomic mass is 32.1. The maximum Gasteiger partial charge on any atom is 0.248 e. The number of nitrogens with one attached hydrogen (secondary N) is 1. The topological polar surface area (TPSA) is 24.9 Å². The van der Waals surface area contributed by atoms with E-state index in [1.807, 2.05) is 6.20 Å². The Hall–Kier alpha value is -0.550. The normalized spacial score (nSPS) is 20.5. The highest BCUT2D eigenvalue weighted by molar-refractivity contribution is 7.11. The first-order chi connectivity index (χ1) is 8.46. The number of alkyl halides is 2. The third kappa shape index (κ3) is 3.72. The molecule has 1 fully saturated rings. The van der Waals surface area contributed by atoms with E-state index >= 15 is 0 Å². The molecule has 1 N–H and O–H groups in total. The number of rotatable bonds is 4. The van der Waals surface area contributed by atoms with Crippen LogP contribution < -0.4 is 5.32 Å². The fourth-order valence-corrected chi connectivity index (χ4v) is 3.02. The van der Waals surface area contributed by atoms with Crippen molar-refractivity contribution in [3.8, 4) is 0 Å². The minimum absolute atomic E-state index is 0.0137. The third-order valence-corrected chi connectivity index (χ3v) is 4.70. The Kier molecular flexibility index (Phi) is 4.33. The van der Waals surface area contributed by atoms with Crippen LogP contribution in [-0.2, 0) is 6.54 Å². The van der Waals surface area contributed by atoms with Gasteiger partial charge in [-0.3, -0.25) is 0 Å². The molecule has 18 heavy (non-hydrogen) atoms. The Balaban J connectivity index is 1.78. The van der Waals surface area contributed by atoms with E-state index in [-0.39, 0.29) is 18.9 Å². The predicted octanol–water partition coefficient (Wildman–Crippen LogP) is 3.93. The summed E-state index contributed by atoms with van der Waals surface area (Å²) in [5.41, 5.74) is 0. The first-order valence-electron chi connectivity index (χ1n) is 6.52. The van der Waals surface area contributed by atoms with Crippen LogP contribution in [-0.4, -0.2) is 16.9 Å². The van der Waals surface area contributed by atoms with Crippen molar-refractivity contribution < 1.29 is 8.78 Å². The van der Waals surface area contributed by atoms with Crippen molar-refractivity contribution in [3.05, 3.63) is 16.1 Å². The number of aromatic nitrogens is 1. The van der Waals surface area contributed by atoms with Gasteiger partial charge in [0, 0.05) is 36.5 Å². The second-order valence-corrected chi connectivity index (χ2v) is 6.47. The lowest BCUT2D eigenvalue weighted by Gasteiger charge is -2.28. The number of nitrogens with zero attached hydrogens (tertiary/aromatic N) is 1. The molecule has 0 spiro atoms. The summed E-state index contributed by atoms with van der Waals surface area (Å²) in [4.78, 5) is 5.64. The number of halogens is 2. The molecule has 1 aliphatic carbocycles. The zero-order valence-electron chi connectivity index (χ0n) is 10.9. The van der Waals surface area contributed by atoms with Gasteiger partial charge in [-0.25, -0.2) is 13.8 Å². The zero-order chi connectivity index (χ0) is 13.2. The average molecular weight is 274 g/mol. The van der Waals surface area contributed by atoms with Gasteiger partial charge in [-0.1, -0.05) is 13.8 Å². The van der Waals surface area contributed by atoms with Crippen LogP contribution in [0.3, 0.4) is 0 Å². The molecule has 0 bridgehead atoms. The second kappa shape index (κ2) is 5.61. The molecule has 1 saturated carbocycles. The quantitative estimate of drug-likeness (QED) is 0.899. The molecule has 0 radical (unpaired) electrons. The summed E-state index contributed by atoms with van der Waals surface area (Å²) in [6, 6.07) is 0.219. The van der Waals surface area contributed by atoms with Gasteiger partial charge in [-0.2, -0.15) is 0 Å². The Labute approximate surface area is 111 Å². The number of hydrogen-bond acceptors (Lipinski definition) is 3. The van der Waals surface area contributed by atoms with E-state index in [1.54, 1.807) is 11.3 Å². The van der Waals surface area contributed by atoms with Gasteiger partial charge < -0.3 is 5.32 Å². The van der Waals surface area contributed by atoms with Crippen molar-refractivity contribution >= 4 is 11.3 Å². The van der Waals surface area contributed by atoms with E-state index < -0.39 is 5.92 Å². The maximum absolute atomic E-state index is 13.0. The van der Waals surface area contributed by atoms with Gasteiger partial charge in [-0.15, -0.1) is 11.3 Å². The Morgan fingerprint density at radius 3 is 2.67 bits per heavy atom. The highest BCUT2D eigenvalue weighted by Crippen LogP contribution is 2.33. The molecule has 5 heteroatoms. The van der Waals surface area contributed by atoms with E-state index in [2.05, 4.69) is 24.1 Å². The SMILES string of the molecule is CC(C)c1cnc(CNC2CCC(F)(F)CC2)s1. The van der Waals surface area contributed by atoms with E-state index in [9.17, 15) is 8.78 Å². The lowest BCUT2D eigenvalue weighted by atomic mass is 9.92. The summed E-state index contributed by atoms with van der Waals surface area (Å²) in [5, 5.41) is 4.39. The van der Waals surface area contributed by atoms with Gasteiger partial charge in [-0.05, 0) is 18.8 Å². The van der Waals surface area contributed by atoms with Gasteiger partial charge in [0.2, 0.25) is 5.92 Å². The smallest absolute Gasteiger partial charge is 0.248 e. The molecule has 1 aliphatic rings. The van der Waals surface area contributed by atoms with Crippen molar-refractivity contribution in [2.75, 3.05) is 0 Å². The summed E-state index contributed by atoms with van der Waals surface area (Å²) in [7, 11) is 0. The first kappa shape index (κ1) is 13.9. The van der Waals surface area contributed by atoms with E-state index in [0.717, 1.165) is 5.01 Å². The molecular weight excluding hydrogens is 254 g/mol. The summed E-state index contributed by atoms with van der Waals surface area (Å²) in [6.07, 6.45) is 3.08. The molecule has 2 rings (SSSR count). The van der Waals surface area contributed by atoms with Crippen LogP contribution >= 0.6 is 11.3 Å². The predicted molar refractivity (Wildman–Crippen MR) is 70.2 cm³/mol. The van der Waals surface area contributed by atoms with Crippen molar-refractivity contribution in [2.24, 2.45) is 0 Å². The molecule has 0 aromatic carbocycles. The van der Waals surface area contributed by atoms with Crippen LogP contribution in [0.1, 0.15) is 55.3 Å². The van der Waals surface area contributed by atoms with Crippen LogP contribution in [0.5, 0.6) is 0 Å². The minimum atomic E-state index is -2.44. The first-order valence-corrected chi connectivity index (χ1v) is 7.34. The van der Waals surface area contributed by atoms with Gasteiger partial charge in [0.25, 0.3) is 0 Å². The van der Waals surface area contributed by atoms with Crippen LogP contribution in [0.2, 0.25) is 0 Å². The maximum atomic E-state index is 13.0. The standard InChI is InChI=1S/C13H20F2N2S/c1-9(2)11-7-17-12(18-11)8-16-10-3-5-13(14,15)6-4-10/h7,9-10,16H,3-6,8H2,1-2H3. The molecular formula is C13H20F2N2S. The summed E-state index contributed by atoms with van der Waals surface area (Å²) in [5.74, 6) is -1.94. The molecule has 1 heterocycles. The average Bonchev–Trinajstić information content (AvgIpc) is 2.76. The number of thiazole rings is 1. The van der Waals surface area contributed by atoms with Crippen LogP contribution in [0.15, 0.2) is 6.20 Å². The summed E-state index contributed by atoms with van der Waals surface area (Å²) in [6.45, 7) is 5.00. The lowest BCUT2D eigenvalue weighted by molar-refractivity contribution is -0.0405. The Morgan fingerprint density at radius 2 is 2.11 bits per heavy atom. The fourth-order valence-electron chi connectivity index (χ4n) is 2.15. The molecule has 0 unspecified atom stereocenters. The third-order valence-electron chi connectivity index (χ3n) is 3.40. The van der Waals surface area contributed by atoms with Crippen molar-refractivity contribution in [3.63, 3.8) is 0 Å². The van der Waals surface area contributed by atoms with Crippen molar-refractivity contribution in [2.45, 2.75) is 64.0 Å². The van der Waals surface area contributed by atoms with Crippen LogP contribution in [0.4, 0.5) is 8.78 Å². The van der Waals surface area contributed by atoms with Gasteiger partial charge in [0.15, 0.2) is 0 Å². The molecule has 1 aromatic heterocycles. The Bertz CT molecular complexity index is 380. The fraction of sp³-hybridized carbons (Fsp3) is 0.769. The largest absolute Gasteiger partial charge is 0.308 e. The van der Waals surface area contributed by atoms with Gasteiger partial charge >= 0.3 is 0 Å². The number of hydrogen-bond donors (Lipinski definition) is 1. The van der Waals surface area contributed by atoms with Gasteiger partial charge in [0.05, 0.1) is 0 Å². The summed E-state index contributed by atoms with van der Waals surface area (Å²) >= 11 is 1.71. The molecule has 0 saturated heterocycles. The zero-order valence-corrected chi connectivity index (χ0v) is 11.7. The molecule has 2 nitrogen and oxygen atoms in total. The monoisotopic (exact) mass is 274 g/mol. The summed E-state index contributed by atoms with van der Waals surface area (Å²) < 4.78 is 26.0. The van der Waals surface area contributed by atoms with Crippen molar-refractivity contribution in [1.29, 1.82) is 0 Å². The molecule has 0 amide bonds. The highest BCUT2D eigenvalue weighted by Gasteiger charge is 2.34. The molecule has 102 valence electrons. The molecule has 0 atom stereocenters. The lowest BCUT2D eigenvalue weighted by Crippen LogP contribution is -2.36. The second-order valence-electron chi connectivity index (χ2n) is 5.32. The van der Waals surface area contributed by atoms with Crippen LogP contribution in [0, 0.1) is 0 Å². The van der Waals surface area contributed by atoms with Crippen molar-refractivity contribution in [1.82, 2.24) is 10.3 Å². The van der Waals surface area contributed by atoms with E-state index in [0.29, 0.717) is 25.3 Å². The molecule has 0 aliphatic heterocycles. The van der Waals surface area contributed by atoms with Gasteiger partial charge in [0.1, 0.15) is 5.01 Å². The van der Waals surface area contributed by atoms with E-state index in [1.165, 1.54) is 4.88 Å². The molecule has 1 aromatic rings.